The number of nitrogens with zero attached hydrogens (tertiary/aromatic N) is 3. The molecule has 0 atom stereocenters. The Morgan fingerprint density at radius 3 is 2.61 bits per heavy atom. The Labute approximate surface area is 138 Å². The van der Waals surface area contributed by atoms with Crippen LogP contribution in [0.1, 0.15) is 5.56 Å². The van der Waals surface area contributed by atoms with Gasteiger partial charge in [-0.2, -0.15) is 0 Å². The second-order valence-electron chi connectivity index (χ2n) is 5.03. The lowest BCUT2D eigenvalue weighted by Crippen LogP contribution is -2.03. The van der Waals surface area contributed by atoms with Crippen LogP contribution >= 0.6 is 11.8 Å². The molecule has 5 nitrogen and oxygen atoms in total. The maximum absolute atomic E-state index is 10.9. The van der Waals surface area contributed by atoms with Crippen molar-refractivity contribution < 1.29 is 9.90 Å². The number of aliphatic carboxylic acids is 1. The lowest BCUT2D eigenvalue weighted by molar-refractivity contribution is -0.133. The Hall–Kier alpha value is -2.60. The molecule has 6 heteroatoms. The summed E-state index contributed by atoms with van der Waals surface area (Å²) in [6.45, 7) is 2.02. The highest BCUT2D eigenvalue weighted by Crippen LogP contribution is 2.28. The Kier molecular flexibility index (Phi) is 4.43. The first-order chi connectivity index (χ1) is 11.1. The molecule has 3 rings (SSSR count). The fourth-order valence-electron chi connectivity index (χ4n) is 2.27. The van der Waals surface area contributed by atoms with E-state index in [-0.39, 0.29) is 5.75 Å². The zero-order valence-corrected chi connectivity index (χ0v) is 13.3. The van der Waals surface area contributed by atoms with Crippen LogP contribution in [-0.2, 0) is 4.79 Å². The van der Waals surface area contributed by atoms with E-state index in [9.17, 15) is 4.79 Å². The van der Waals surface area contributed by atoms with Gasteiger partial charge in [0.15, 0.2) is 11.0 Å². The second-order valence-corrected chi connectivity index (χ2v) is 5.97. The van der Waals surface area contributed by atoms with Crippen molar-refractivity contribution in [2.24, 2.45) is 0 Å². The van der Waals surface area contributed by atoms with Crippen molar-refractivity contribution in [1.29, 1.82) is 0 Å². The number of hydrogen-bond donors (Lipinski definition) is 1. The predicted molar refractivity (Wildman–Crippen MR) is 89.9 cm³/mol. The van der Waals surface area contributed by atoms with Gasteiger partial charge < -0.3 is 5.11 Å². The molecule has 1 aromatic heterocycles. The Morgan fingerprint density at radius 2 is 1.91 bits per heavy atom. The molecule has 0 aliphatic rings. The van der Waals surface area contributed by atoms with Crippen LogP contribution in [0.2, 0.25) is 0 Å². The smallest absolute Gasteiger partial charge is 0.313 e. The van der Waals surface area contributed by atoms with Gasteiger partial charge in [0.1, 0.15) is 0 Å². The molecule has 2 aromatic carbocycles. The van der Waals surface area contributed by atoms with Crippen LogP contribution in [0.3, 0.4) is 0 Å². The van der Waals surface area contributed by atoms with Crippen LogP contribution in [0.4, 0.5) is 0 Å². The van der Waals surface area contributed by atoms with Gasteiger partial charge >= 0.3 is 5.97 Å². The average molecular weight is 325 g/mol. The van der Waals surface area contributed by atoms with Gasteiger partial charge in [-0.1, -0.05) is 53.7 Å². The largest absolute Gasteiger partial charge is 0.481 e. The molecule has 0 bridgehead atoms. The summed E-state index contributed by atoms with van der Waals surface area (Å²) < 4.78 is 1.89. The molecule has 0 unspecified atom stereocenters. The topological polar surface area (TPSA) is 68.0 Å². The van der Waals surface area contributed by atoms with Crippen LogP contribution in [0.25, 0.3) is 17.1 Å². The lowest BCUT2D eigenvalue weighted by atomic mass is 10.1. The Balaban J connectivity index is 2.11. The molecule has 1 heterocycles. The number of aryl methyl sites for hydroxylation is 1. The normalized spacial score (nSPS) is 10.7. The van der Waals surface area contributed by atoms with Crippen molar-refractivity contribution >= 4 is 17.7 Å². The van der Waals surface area contributed by atoms with Crippen molar-refractivity contribution in [2.45, 2.75) is 12.1 Å². The molecule has 1 N–H and O–H groups in total. The molecule has 0 aliphatic carbocycles. The summed E-state index contributed by atoms with van der Waals surface area (Å²) >= 11 is 1.16. The number of carbonyl (C=O) groups is 1. The van der Waals surface area contributed by atoms with E-state index in [1.54, 1.807) is 0 Å². The highest BCUT2D eigenvalue weighted by atomic mass is 32.2. The fourth-order valence-corrected chi connectivity index (χ4v) is 2.94. The van der Waals surface area contributed by atoms with Gasteiger partial charge in [0.2, 0.25) is 0 Å². The fraction of sp³-hybridized carbons (Fsp3) is 0.118. The van der Waals surface area contributed by atoms with Crippen LogP contribution in [0.5, 0.6) is 0 Å². The summed E-state index contributed by atoms with van der Waals surface area (Å²) in [5.74, 6) is -0.235. The zero-order chi connectivity index (χ0) is 16.2. The van der Waals surface area contributed by atoms with Gasteiger partial charge in [-0.25, -0.2) is 0 Å². The van der Waals surface area contributed by atoms with E-state index in [2.05, 4.69) is 10.2 Å². The standard InChI is InChI=1S/C17H15N3O2S/c1-12-6-5-7-13(10-12)16-18-19-17(23-11-15(21)22)20(16)14-8-3-2-4-9-14/h2-10H,11H2,1H3,(H,21,22). The third-order valence-corrected chi connectivity index (χ3v) is 4.16. The molecule has 0 radical (unpaired) electrons. The van der Waals surface area contributed by atoms with E-state index in [0.29, 0.717) is 11.0 Å². The van der Waals surface area contributed by atoms with Crippen LogP contribution in [-0.4, -0.2) is 31.6 Å². The zero-order valence-electron chi connectivity index (χ0n) is 12.5. The highest BCUT2D eigenvalue weighted by molar-refractivity contribution is 7.99. The Morgan fingerprint density at radius 1 is 1.13 bits per heavy atom. The average Bonchev–Trinajstić information content (AvgIpc) is 2.97. The first kappa shape index (κ1) is 15.3. The maximum atomic E-state index is 10.9. The van der Waals surface area contributed by atoms with E-state index in [0.717, 1.165) is 28.6 Å². The number of thioether (sulfide) groups is 1. The van der Waals surface area contributed by atoms with Gasteiger partial charge in [0, 0.05) is 11.3 Å². The molecule has 3 aromatic rings. The van der Waals surface area contributed by atoms with Gasteiger partial charge in [-0.15, -0.1) is 10.2 Å². The molecule has 0 fully saturated rings. The summed E-state index contributed by atoms with van der Waals surface area (Å²) in [7, 11) is 0. The number of hydrogen-bond acceptors (Lipinski definition) is 4. The highest BCUT2D eigenvalue weighted by Gasteiger charge is 2.16. The number of aromatic nitrogens is 3. The maximum Gasteiger partial charge on any atom is 0.313 e. The summed E-state index contributed by atoms with van der Waals surface area (Å²) in [5.41, 5.74) is 2.98. The minimum atomic E-state index is -0.880. The molecule has 116 valence electrons. The van der Waals surface area contributed by atoms with E-state index >= 15 is 0 Å². The molecule has 0 amide bonds. The lowest BCUT2D eigenvalue weighted by Gasteiger charge is -2.10. The van der Waals surface area contributed by atoms with E-state index in [4.69, 9.17) is 5.11 Å². The molecular weight excluding hydrogens is 310 g/mol. The number of benzene rings is 2. The Bertz CT molecular complexity index is 831. The van der Waals surface area contributed by atoms with Crippen molar-refractivity contribution in [2.75, 3.05) is 5.75 Å². The van der Waals surface area contributed by atoms with Gasteiger partial charge in [0.25, 0.3) is 0 Å². The molecule has 0 saturated heterocycles. The van der Waals surface area contributed by atoms with Crippen molar-refractivity contribution in [3.63, 3.8) is 0 Å². The van der Waals surface area contributed by atoms with Gasteiger partial charge in [0.05, 0.1) is 5.75 Å². The summed E-state index contributed by atoms with van der Waals surface area (Å²) in [5, 5.41) is 17.9. The minimum absolute atomic E-state index is 0.0568. The SMILES string of the molecule is Cc1cccc(-c2nnc(SCC(=O)O)n2-c2ccccc2)c1. The predicted octanol–water partition coefficient (Wildman–Crippen LogP) is 3.42. The van der Waals surface area contributed by atoms with Gasteiger partial charge in [-0.05, 0) is 25.1 Å². The first-order valence-corrected chi connectivity index (χ1v) is 8.06. The number of para-hydroxylation sites is 1. The van der Waals surface area contributed by atoms with Crippen LogP contribution in [0, 0.1) is 6.92 Å². The first-order valence-electron chi connectivity index (χ1n) is 7.07. The monoisotopic (exact) mass is 325 g/mol. The minimum Gasteiger partial charge on any atom is -0.481 e. The second kappa shape index (κ2) is 6.66. The van der Waals surface area contributed by atoms with Crippen molar-refractivity contribution in [1.82, 2.24) is 14.8 Å². The third kappa shape index (κ3) is 3.43. The summed E-state index contributed by atoms with van der Waals surface area (Å²) in [6.07, 6.45) is 0. The number of rotatable bonds is 5. The molecular formula is C17H15N3O2S. The number of carboxylic acids is 1. The van der Waals surface area contributed by atoms with Crippen LogP contribution < -0.4 is 0 Å². The van der Waals surface area contributed by atoms with Crippen molar-refractivity contribution in [3.8, 4) is 17.1 Å². The van der Waals surface area contributed by atoms with E-state index < -0.39 is 5.97 Å². The number of carboxylic acid groups (broad SMARTS) is 1. The third-order valence-electron chi connectivity index (χ3n) is 3.25. The van der Waals surface area contributed by atoms with Crippen molar-refractivity contribution in [3.05, 3.63) is 60.2 Å². The quantitative estimate of drug-likeness (QED) is 0.728. The molecule has 23 heavy (non-hydrogen) atoms. The summed E-state index contributed by atoms with van der Waals surface area (Å²) in [4.78, 5) is 10.9. The molecule has 0 saturated carbocycles. The molecule has 0 spiro atoms. The van der Waals surface area contributed by atoms with E-state index in [1.165, 1.54) is 0 Å². The molecule has 0 aliphatic heterocycles. The summed E-state index contributed by atoms with van der Waals surface area (Å²) in [6, 6.07) is 17.7. The van der Waals surface area contributed by atoms with E-state index in [1.807, 2.05) is 66.1 Å². The van der Waals surface area contributed by atoms with Gasteiger partial charge in [-0.3, -0.25) is 9.36 Å². The van der Waals surface area contributed by atoms with Crippen LogP contribution in [0.15, 0.2) is 59.8 Å².